The summed E-state index contributed by atoms with van der Waals surface area (Å²) in [7, 11) is -4.15. The lowest BCUT2D eigenvalue weighted by Gasteiger charge is -2.13. The second kappa shape index (κ2) is 8.06. The van der Waals surface area contributed by atoms with E-state index in [0.717, 1.165) is 24.4 Å². The lowest BCUT2D eigenvalue weighted by Crippen LogP contribution is -2.17. The molecule has 0 unspecified atom stereocenters. The molecule has 10 heteroatoms. The Morgan fingerprint density at radius 1 is 1.07 bits per heavy atom. The summed E-state index contributed by atoms with van der Waals surface area (Å²) in [5.41, 5.74) is -0.786. The van der Waals surface area contributed by atoms with Gasteiger partial charge in [-0.3, -0.25) is 9.52 Å². The Labute approximate surface area is 175 Å². The quantitative estimate of drug-likeness (QED) is 0.547. The second-order valence-corrected chi connectivity index (χ2v) is 8.55. The minimum atomic E-state index is -4.15. The van der Waals surface area contributed by atoms with Gasteiger partial charge in [-0.1, -0.05) is 23.2 Å². The predicted molar refractivity (Wildman–Crippen MR) is 106 cm³/mol. The van der Waals surface area contributed by atoms with Crippen molar-refractivity contribution in [2.24, 2.45) is 0 Å². The number of benzene rings is 2. The highest BCUT2D eigenvalue weighted by Gasteiger charge is 2.24. The lowest BCUT2D eigenvalue weighted by atomic mass is 10.1. The summed E-state index contributed by atoms with van der Waals surface area (Å²) in [6.45, 7) is 1.63. The maximum absolute atomic E-state index is 14.0. The number of carbonyl (C=O) groups excluding carboxylic acids is 1. The molecule has 1 N–H and O–H groups in total. The number of rotatable bonds is 5. The minimum Gasteiger partial charge on any atom is -0.287 e. The third-order valence-electron chi connectivity index (χ3n) is 3.93. The van der Waals surface area contributed by atoms with Crippen LogP contribution >= 0.6 is 23.2 Å². The van der Waals surface area contributed by atoms with Crippen LogP contribution in [0.2, 0.25) is 10.0 Å². The van der Waals surface area contributed by atoms with Gasteiger partial charge in [0.1, 0.15) is 17.3 Å². The molecule has 1 aromatic heterocycles. The Balaban J connectivity index is 2.06. The van der Waals surface area contributed by atoms with Gasteiger partial charge in [0.2, 0.25) is 5.78 Å². The summed E-state index contributed by atoms with van der Waals surface area (Å²) in [6.07, 6.45) is 1.09. The molecule has 0 aliphatic heterocycles. The average Bonchev–Trinajstić information content (AvgIpc) is 2.65. The first-order valence-electron chi connectivity index (χ1n) is 8.03. The highest BCUT2D eigenvalue weighted by Crippen LogP contribution is 2.27. The third kappa shape index (κ3) is 4.55. The number of halogens is 4. The number of hydrogen-bond acceptors (Lipinski definition) is 4. The molecule has 2 aromatic carbocycles. The zero-order valence-electron chi connectivity index (χ0n) is 14.7. The van der Waals surface area contributed by atoms with Crippen LogP contribution in [0.15, 0.2) is 53.6 Å². The highest BCUT2D eigenvalue weighted by molar-refractivity contribution is 7.92. The summed E-state index contributed by atoms with van der Waals surface area (Å²) >= 11 is 11.8. The van der Waals surface area contributed by atoms with E-state index in [9.17, 15) is 22.0 Å². The number of nitrogens with zero attached hydrogens (tertiary/aromatic N) is 1. The van der Waals surface area contributed by atoms with Gasteiger partial charge in [-0.05, 0) is 55.0 Å². The molecule has 0 bridgehead atoms. The monoisotopic (exact) mass is 456 g/mol. The lowest BCUT2D eigenvalue weighted by molar-refractivity contribution is 0.103. The molecule has 0 saturated heterocycles. The van der Waals surface area contributed by atoms with Gasteiger partial charge in [-0.25, -0.2) is 22.2 Å². The second-order valence-electron chi connectivity index (χ2n) is 6.02. The van der Waals surface area contributed by atoms with E-state index in [0.29, 0.717) is 16.7 Å². The van der Waals surface area contributed by atoms with Crippen LogP contribution in [0.5, 0.6) is 0 Å². The summed E-state index contributed by atoms with van der Waals surface area (Å²) < 4.78 is 55.2. The van der Waals surface area contributed by atoms with Crippen LogP contribution in [-0.4, -0.2) is 19.2 Å². The van der Waals surface area contributed by atoms with Gasteiger partial charge >= 0.3 is 0 Å². The van der Waals surface area contributed by atoms with Gasteiger partial charge in [0, 0.05) is 11.2 Å². The molecule has 0 aliphatic rings. The number of hydrogen-bond donors (Lipinski definition) is 1. The molecule has 150 valence electrons. The molecule has 0 aliphatic carbocycles. The molecular weight excluding hydrogens is 445 g/mol. The van der Waals surface area contributed by atoms with E-state index >= 15 is 0 Å². The van der Waals surface area contributed by atoms with E-state index in [4.69, 9.17) is 23.2 Å². The summed E-state index contributed by atoms with van der Waals surface area (Å²) in [5, 5.41) is 0.414. The smallest absolute Gasteiger partial charge is 0.261 e. The fraction of sp³-hybridized carbons (Fsp3) is 0.0526. The first-order chi connectivity index (χ1) is 13.6. The van der Waals surface area contributed by atoms with Crippen LogP contribution in [0.1, 0.15) is 21.6 Å². The van der Waals surface area contributed by atoms with Crippen molar-refractivity contribution in [1.29, 1.82) is 0 Å². The zero-order valence-corrected chi connectivity index (χ0v) is 17.0. The number of anilines is 1. The molecule has 5 nitrogen and oxygen atoms in total. The normalized spacial score (nSPS) is 11.3. The Kier molecular flexibility index (Phi) is 5.88. The molecule has 0 amide bonds. The van der Waals surface area contributed by atoms with Gasteiger partial charge in [0.25, 0.3) is 10.0 Å². The molecule has 0 saturated carbocycles. The van der Waals surface area contributed by atoms with Crippen molar-refractivity contribution in [3.8, 4) is 0 Å². The van der Waals surface area contributed by atoms with Crippen LogP contribution in [0, 0.1) is 18.6 Å². The Bertz CT molecular complexity index is 1230. The fourth-order valence-corrected chi connectivity index (χ4v) is 3.90. The summed E-state index contributed by atoms with van der Waals surface area (Å²) in [5.74, 6) is -2.82. The minimum absolute atomic E-state index is 0.0336. The SMILES string of the molecule is Cc1cc(S(=O)(=O)Nc2cc(Cl)cnc2C(=O)c2cc(F)ccc2F)ccc1Cl. The van der Waals surface area contributed by atoms with Gasteiger partial charge in [-0.2, -0.15) is 0 Å². The molecular formula is C19H12Cl2F2N2O3S. The van der Waals surface area contributed by atoms with Crippen molar-refractivity contribution >= 4 is 44.7 Å². The van der Waals surface area contributed by atoms with Crippen LogP contribution in [0.4, 0.5) is 14.5 Å². The van der Waals surface area contributed by atoms with E-state index in [1.165, 1.54) is 18.2 Å². The van der Waals surface area contributed by atoms with Gasteiger partial charge in [0.05, 0.1) is 21.2 Å². The average molecular weight is 457 g/mol. The van der Waals surface area contributed by atoms with Crippen molar-refractivity contribution < 1.29 is 22.0 Å². The predicted octanol–water partition coefficient (Wildman–Crippen LogP) is 5.01. The van der Waals surface area contributed by atoms with Crippen LogP contribution in [0.25, 0.3) is 0 Å². The maximum atomic E-state index is 14.0. The largest absolute Gasteiger partial charge is 0.287 e. The number of carbonyl (C=O) groups is 1. The number of nitrogens with one attached hydrogen (secondary N) is 1. The van der Waals surface area contributed by atoms with E-state index in [-0.39, 0.29) is 15.6 Å². The van der Waals surface area contributed by atoms with Crippen molar-refractivity contribution in [3.05, 3.63) is 87.2 Å². The van der Waals surface area contributed by atoms with Gasteiger partial charge < -0.3 is 0 Å². The van der Waals surface area contributed by atoms with Gasteiger partial charge in [0.15, 0.2) is 0 Å². The van der Waals surface area contributed by atoms with E-state index in [1.807, 2.05) is 0 Å². The number of aryl methyl sites for hydroxylation is 1. The Morgan fingerprint density at radius 2 is 1.79 bits per heavy atom. The fourth-order valence-electron chi connectivity index (χ4n) is 2.49. The van der Waals surface area contributed by atoms with Crippen LogP contribution < -0.4 is 4.72 Å². The maximum Gasteiger partial charge on any atom is 0.261 e. The number of aromatic nitrogens is 1. The molecule has 0 atom stereocenters. The van der Waals surface area contributed by atoms with Crippen molar-refractivity contribution in [3.63, 3.8) is 0 Å². The van der Waals surface area contributed by atoms with E-state index in [1.54, 1.807) is 6.92 Å². The molecule has 29 heavy (non-hydrogen) atoms. The molecule has 0 radical (unpaired) electrons. The first kappa shape index (κ1) is 21.2. The third-order valence-corrected chi connectivity index (χ3v) is 5.92. The van der Waals surface area contributed by atoms with Gasteiger partial charge in [-0.15, -0.1) is 0 Å². The number of ketones is 1. The number of sulfonamides is 1. The van der Waals surface area contributed by atoms with E-state index in [2.05, 4.69) is 9.71 Å². The molecule has 0 fully saturated rings. The summed E-state index contributed by atoms with van der Waals surface area (Å²) in [4.78, 5) is 16.4. The highest BCUT2D eigenvalue weighted by atomic mass is 35.5. The van der Waals surface area contributed by atoms with Crippen LogP contribution in [0.3, 0.4) is 0 Å². The standard InChI is InChI=1S/C19H12Cl2F2N2O3S/c1-10-6-13(3-4-15(10)21)29(27,28)25-17-7-11(20)9-24-18(17)19(26)14-8-12(22)2-5-16(14)23/h2-9,25H,1H3. The van der Waals surface area contributed by atoms with Crippen molar-refractivity contribution in [2.75, 3.05) is 4.72 Å². The first-order valence-corrected chi connectivity index (χ1v) is 10.3. The molecule has 1 heterocycles. The Morgan fingerprint density at radius 3 is 2.48 bits per heavy atom. The zero-order chi connectivity index (χ0) is 21.3. The topological polar surface area (TPSA) is 76.1 Å². The summed E-state index contributed by atoms with van der Waals surface area (Å²) in [6, 6.07) is 7.54. The van der Waals surface area contributed by atoms with Crippen molar-refractivity contribution in [2.45, 2.75) is 11.8 Å². The molecule has 3 rings (SSSR count). The molecule has 3 aromatic rings. The Hall–Kier alpha value is -2.55. The van der Waals surface area contributed by atoms with Crippen molar-refractivity contribution in [1.82, 2.24) is 4.98 Å². The number of pyridine rings is 1. The molecule has 0 spiro atoms. The van der Waals surface area contributed by atoms with Crippen LogP contribution in [-0.2, 0) is 10.0 Å². The van der Waals surface area contributed by atoms with E-state index < -0.39 is 38.7 Å².